The molecule has 1 atom stereocenters. The van der Waals surface area contributed by atoms with Crippen LogP contribution in [0.5, 0.6) is 0 Å². The van der Waals surface area contributed by atoms with Crippen molar-refractivity contribution in [2.24, 2.45) is 0 Å². The zero-order valence-corrected chi connectivity index (χ0v) is 16.6. The summed E-state index contributed by atoms with van der Waals surface area (Å²) in [7, 11) is 0. The molecular formula is C20H20Cl2F2N2O2. The van der Waals surface area contributed by atoms with E-state index in [4.69, 9.17) is 27.9 Å². The number of hydrogen-bond acceptors (Lipinski definition) is 3. The van der Waals surface area contributed by atoms with E-state index >= 15 is 0 Å². The summed E-state index contributed by atoms with van der Waals surface area (Å²) in [6.45, 7) is 2.93. The van der Waals surface area contributed by atoms with Gasteiger partial charge in [0, 0.05) is 31.7 Å². The normalized spacial score (nSPS) is 17.5. The third-order valence-electron chi connectivity index (χ3n) is 4.50. The fourth-order valence-electron chi connectivity index (χ4n) is 3.09. The molecule has 8 heteroatoms. The SMILES string of the molecule is O=C(Cc1cc(F)ccc1F)NCC1CN(Cc2ccc(Cl)c(Cl)c2)CCO1. The van der Waals surface area contributed by atoms with E-state index in [1.54, 1.807) is 6.07 Å². The molecule has 4 nitrogen and oxygen atoms in total. The molecule has 150 valence electrons. The second-order valence-electron chi connectivity index (χ2n) is 6.69. The van der Waals surface area contributed by atoms with Gasteiger partial charge in [-0.1, -0.05) is 29.3 Å². The maximum absolute atomic E-state index is 13.6. The Bertz CT molecular complexity index is 851. The van der Waals surface area contributed by atoms with Gasteiger partial charge in [0.05, 0.1) is 29.2 Å². The standard InChI is InChI=1S/C20H20Cl2F2N2O2/c21-17-3-1-13(7-18(17)22)11-26-5-6-28-16(12-26)10-25-20(27)9-14-8-15(23)2-4-19(14)24/h1-4,7-8,16H,5-6,9-12H2,(H,25,27). The molecule has 0 spiro atoms. The highest BCUT2D eigenvalue weighted by Crippen LogP contribution is 2.23. The van der Waals surface area contributed by atoms with Crippen molar-refractivity contribution in [2.75, 3.05) is 26.2 Å². The number of amides is 1. The first-order valence-corrected chi connectivity index (χ1v) is 9.65. The quantitative estimate of drug-likeness (QED) is 0.759. The fourth-order valence-corrected chi connectivity index (χ4v) is 3.41. The van der Waals surface area contributed by atoms with Crippen LogP contribution in [0.15, 0.2) is 36.4 Å². The molecule has 1 N–H and O–H groups in total. The molecule has 2 aromatic rings. The smallest absolute Gasteiger partial charge is 0.224 e. The predicted octanol–water partition coefficient (Wildman–Crippen LogP) is 3.83. The molecule has 0 bridgehead atoms. The number of morpholine rings is 1. The monoisotopic (exact) mass is 428 g/mol. The van der Waals surface area contributed by atoms with E-state index in [1.165, 1.54) is 0 Å². The average Bonchev–Trinajstić information content (AvgIpc) is 2.66. The van der Waals surface area contributed by atoms with E-state index < -0.39 is 11.6 Å². The van der Waals surface area contributed by atoms with E-state index in [0.29, 0.717) is 36.3 Å². The van der Waals surface area contributed by atoms with Crippen LogP contribution in [-0.2, 0) is 22.5 Å². The van der Waals surface area contributed by atoms with Gasteiger partial charge in [0.1, 0.15) is 11.6 Å². The summed E-state index contributed by atoms with van der Waals surface area (Å²) in [5, 5.41) is 3.76. The van der Waals surface area contributed by atoms with Crippen LogP contribution in [-0.4, -0.2) is 43.2 Å². The molecule has 0 aliphatic carbocycles. The highest BCUT2D eigenvalue weighted by Gasteiger charge is 2.21. The lowest BCUT2D eigenvalue weighted by Gasteiger charge is -2.33. The first-order chi connectivity index (χ1) is 13.4. The number of hydrogen-bond donors (Lipinski definition) is 1. The Morgan fingerprint density at radius 3 is 2.79 bits per heavy atom. The van der Waals surface area contributed by atoms with Gasteiger partial charge in [-0.15, -0.1) is 0 Å². The maximum Gasteiger partial charge on any atom is 0.224 e. The Kier molecular flexibility index (Phi) is 7.24. The van der Waals surface area contributed by atoms with Crippen molar-refractivity contribution in [2.45, 2.75) is 19.1 Å². The number of nitrogens with zero attached hydrogens (tertiary/aromatic N) is 1. The van der Waals surface area contributed by atoms with Gasteiger partial charge in [-0.05, 0) is 35.9 Å². The molecule has 1 aliphatic rings. The van der Waals surface area contributed by atoms with Gasteiger partial charge in [0.25, 0.3) is 0 Å². The molecular weight excluding hydrogens is 409 g/mol. The first kappa shape index (κ1) is 21.0. The Morgan fingerprint density at radius 1 is 1.18 bits per heavy atom. The van der Waals surface area contributed by atoms with E-state index in [9.17, 15) is 13.6 Å². The summed E-state index contributed by atoms with van der Waals surface area (Å²) in [5.41, 5.74) is 1.07. The Balaban J connectivity index is 1.48. The molecule has 0 radical (unpaired) electrons. The Morgan fingerprint density at radius 2 is 2.00 bits per heavy atom. The van der Waals surface area contributed by atoms with Crippen LogP contribution in [0, 0.1) is 11.6 Å². The molecule has 2 aromatic carbocycles. The highest BCUT2D eigenvalue weighted by molar-refractivity contribution is 6.42. The van der Waals surface area contributed by atoms with Gasteiger partial charge in [-0.2, -0.15) is 0 Å². The number of carbonyl (C=O) groups is 1. The van der Waals surface area contributed by atoms with Gasteiger partial charge in [0.2, 0.25) is 5.91 Å². The lowest BCUT2D eigenvalue weighted by molar-refractivity contribution is -0.121. The minimum absolute atomic E-state index is 0.0308. The van der Waals surface area contributed by atoms with Crippen molar-refractivity contribution >= 4 is 29.1 Å². The third kappa shape index (κ3) is 5.88. The van der Waals surface area contributed by atoms with Crippen LogP contribution < -0.4 is 5.32 Å². The minimum atomic E-state index is -0.599. The number of carbonyl (C=O) groups excluding carboxylic acids is 1. The van der Waals surface area contributed by atoms with E-state index in [1.807, 2.05) is 12.1 Å². The molecule has 0 saturated carbocycles. The summed E-state index contributed by atoms with van der Waals surface area (Å²) in [6, 6.07) is 8.60. The van der Waals surface area contributed by atoms with Crippen LogP contribution in [0.3, 0.4) is 0 Å². The highest BCUT2D eigenvalue weighted by atomic mass is 35.5. The van der Waals surface area contributed by atoms with Crippen LogP contribution in [0.2, 0.25) is 10.0 Å². The van der Waals surface area contributed by atoms with Crippen LogP contribution in [0.4, 0.5) is 8.78 Å². The fraction of sp³-hybridized carbons (Fsp3) is 0.350. The van der Waals surface area contributed by atoms with Gasteiger partial charge in [-0.3, -0.25) is 9.69 Å². The second-order valence-corrected chi connectivity index (χ2v) is 7.51. The van der Waals surface area contributed by atoms with Crippen molar-refractivity contribution in [1.29, 1.82) is 0 Å². The first-order valence-electron chi connectivity index (χ1n) is 8.89. The summed E-state index contributed by atoms with van der Waals surface area (Å²) < 4.78 is 32.5. The predicted molar refractivity (Wildman–Crippen MR) is 105 cm³/mol. The van der Waals surface area contributed by atoms with Gasteiger partial charge in [-0.25, -0.2) is 8.78 Å². The molecule has 1 saturated heterocycles. The molecule has 1 fully saturated rings. The zero-order chi connectivity index (χ0) is 20.1. The number of nitrogens with one attached hydrogen (secondary N) is 1. The second kappa shape index (κ2) is 9.65. The minimum Gasteiger partial charge on any atom is -0.374 e. The average molecular weight is 429 g/mol. The van der Waals surface area contributed by atoms with E-state index in [2.05, 4.69) is 10.2 Å². The summed E-state index contributed by atoms with van der Waals surface area (Å²) >= 11 is 12.0. The van der Waals surface area contributed by atoms with Crippen molar-refractivity contribution in [3.05, 3.63) is 69.2 Å². The molecule has 1 unspecified atom stereocenters. The molecule has 1 amide bonds. The maximum atomic E-state index is 13.6. The summed E-state index contributed by atoms with van der Waals surface area (Å²) in [4.78, 5) is 14.3. The van der Waals surface area contributed by atoms with Crippen molar-refractivity contribution in [1.82, 2.24) is 10.2 Å². The molecule has 0 aromatic heterocycles. The number of ether oxygens (including phenoxy) is 1. The summed E-state index contributed by atoms with van der Waals surface area (Å²) in [6.07, 6.45) is -0.402. The largest absolute Gasteiger partial charge is 0.374 e. The van der Waals surface area contributed by atoms with Gasteiger partial charge >= 0.3 is 0 Å². The zero-order valence-electron chi connectivity index (χ0n) is 15.1. The van der Waals surface area contributed by atoms with Crippen molar-refractivity contribution < 1.29 is 18.3 Å². The van der Waals surface area contributed by atoms with Gasteiger partial charge < -0.3 is 10.1 Å². The van der Waals surface area contributed by atoms with Gasteiger partial charge in [0.15, 0.2) is 0 Å². The van der Waals surface area contributed by atoms with Crippen LogP contribution in [0.1, 0.15) is 11.1 Å². The van der Waals surface area contributed by atoms with E-state index in [0.717, 1.165) is 30.3 Å². The molecule has 28 heavy (non-hydrogen) atoms. The van der Waals surface area contributed by atoms with Crippen LogP contribution >= 0.6 is 23.2 Å². The van der Waals surface area contributed by atoms with Crippen molar-refractivity contribution in [3.8, 4) is 0 Å². The number of benzene rings is 2. The lowest BCUT2D eigenvalue weighted by Crippen LogP contribution is -2.47. The lowest BCUT2D eigenvalue weighted by atomic mass is 10.1. The topological polar surface area (TPSA) is 41.6 Å². The Hall–Kier alpha value is -1.73. The van der Waals surface area contributed by atoms with Crippen molar-refractivity contribution in [3.63, 3.8) is 0 Å². The van der Waals surface area contributed by atoms with E-state index in [-0.39, 0.29) is 24.0 Å². The number of halogens is 4. The summed E-state index contributed by atoms with van der Waals surface area (Å²) in [5.74, 6) is -1.55. The Labute approximate surface area is 172 Å². The molecule has 3 rings (SSSR count). The van der Waals surface area contributed by atoms with Crippen LogP contribution in [0.25, 0.3) is 0 Å². The number of rotatable bonds is 6. The molecule has 1 aliphatic heterocycles. The molecule has 1 heterocycles. The third-order valence-corrected chi connectivity index (χ3v) is 5.24.